The summed E-state index contributed by atoms with van der Waals surface area (Å²) in [6.07, 6.45) is 2.31. The molecule has 1 aliphatic heterocycles. The molecule has 27 heavy (non-hydrogen) atoms. The molecule has 0 bridgehead atoms. The molecule has 2 aliphatic rings. The number of carbonyl (C=O) groups is 1. The number of fused-ring (bicyclic) bond motifs is 3. The van der Waals surface area contributed by atoms with Crippen molar-refractivity contribution in [3.8, 4) is 11.5 Å². The summed E-state index contributed by atoms with van der Waals surface area (Å²) >= 11 is 14.2. The maximum absolute atomic E-state index is 12.9. The number of aromatic hydroxyl groups is 1. The number of rotatable bonds is 3. The second-order valence-corrected chi connectivity index (χ2v) is 8.86. The lowest BCUT2D eigenvalue weighted by molar-refractivity contribution is 0.0934. The fourth-order valence-corrected chi connectivity index (χ4v) is 5.64. The first-order valence-electron chi connectivity index (χ1n) is 8.96. The van der Waals surface area contributed by atoms with Gasteiger partial charge in [-0.3, -0.25) is 4.79 Å². The minimum absolute atomic E-state index is 0.123. The van der Waals surface area contributed by atoms with Crippen LogP contribution in [0.4, 0.5) is 5.00 Å². The summed E-state index contributed by atoms with van der Waals surface area (Å²) in [6.45, 7) is 4.41. The van der Waals surface area contributed by atoms with Crippen molar-refractivity contribution in [2.24, 2.45) is 5.92 Å². The molecule has 0 saturated carbocycles. The predicted molar refractivity (Wildman–Crippen MR) is 109 cm³/mol. The van der Waals surface area contributed by atoms with Gasteiger partial charge in [-0.2, -0.15) is 0 Å². The van der Waals surface area contributed by atoms with Crippen LogP contribution in [0.15, 0.2) is 6.07 Å². The van der Waals surface area contributed by atoms with Gasteiger partial charge in [0.25, 0.3) is 5.91 Å². The Morgan fingerprint density at radius 2 is 2.15 bits per heavy atom. The molecule has 2 atom stereocenters. The van der Waals surface area contributed by atoms with Crippen LogP contribution in [0.25, 0.3) is 0 Å². The molecule has 4 rings (SSSR count). The maximum Gasteiger partial charge on any atom is 0.256 e. The molecule has 0 saturated heterocycles. The third-order valence-electron chi connectivity index (χ3n) is 5.07. The minimum Gasteiger partial charge on any atom is -0.504 e. The van der Waals surface area contributed by atoms with E-state index in [9.17, 15) is 9.90 Å². The van der Waals surface area contributed by atoms with E-state index in [4.69, 9.17) is 27.9 Å². The number of halogens is 2. The SMILES string of the molecule is CCOc1cc(Cl)c(Cl)c([C@@H]2NC(=O)c3c(sc4c3CC[C@H](C)C4)N2)c1O. The van der Waals surface area contributed by atoms with Gasteiger partial charge in [-0.25, -0.2) is 0 Å². The maximum atomic E-state index is 12.9. The average Bonchev–Trinajstić information content (AvgIpc) is 2.97. The van der Waals surface area contributed by atoms with Crippen LogP contribution in [-0.4, -0.2) is 17.6 Å². The van der Waals surface area contributed by atoms with E-state index < -0.39 is 6.17 Å². The van der Waals surface area contributed by atoms with Gasteiger partial charge in [0.05, 0.1) is 27.8 Å². The summed E-state index contributed by atoms with van der Waals surface area (Å²) in [7, 11) is 0. The van der Waals surface area contributed by atoms with E-state index in [1.165, 1.54) is 10.9 Å². The zero-order valence-corrected chi connectivity index (χ0v) is 17.3. The van der Waals surface area contributed by atoms with Crippen LogP contribution in [0.3, 0.4) is 0 Å². The first kappa shape index (κ1) is 18.7. The van der Waals surface area contributed by atoms with Crippen molar-refractivity contribution >= 4 is 45.4 Å². The van der Waals surface area contributed by atoms with E-state index in [0.717, 1.165) is 35.4 Å². The summed E-state index contributed by atoms with van der Waals surface area (Å²) in [5.74, 6) is 0.580. The third kappa shape index (κ3) is 3.13. The quantitative estimate of drug-likeness (QED) is 0.635. The van der Waals surface area contributed by atoms with E-state index >= 15 is 0 Å². The van der Waals surface area contributed by atoms with Gasteiger partial charge in [-0.15, -0.1) is 11.3 Å². The Balaban J connectivity index is 1.76. The molecule has 1 amide bonds. The Labute approximate surface area is 171 Å². The van der Waals surface area contributed by atoms with Gasteiger partial charge in [0.15, 0.2) is 11.5 Å². The van der Waals surface area contributed by atoms with Crippen LogP contribution < -0.4 is 15.4 Å². The highest BCUT2D eigenvalue weighted by Crippen LogP contribution is 2.47. The Morgan fingerprint density at radius 3 is 2.89 bits per heavy atom. The summed E-state index contributed by atoms with van der Waals surface area (Å²) in [5, 5.41) is 18.2. The van der Waals surface area contributed by atoms with Gasteiger partial charge >= 0.3 is 0 Å². The molecule has 1 aromatic heterocycles. The lowest BCUT2D eigenvalue weighted by atomic mass is 9.88. The number of hydrogen-bond acceptors (Lipinski definition) is 5. The number of nitrogens with one attached hydrogen (secondary N) is 2. The minimum atomic E-state index is -0.687. The van der Waals surface area contributed by atoms with E-state index in [2.05, 4.69) is 17.6 Å². The van der Waals surface area contributed by atoms with Crippen LogP contribution in [0.1, 0.15) is 52.8 Å². The van der Waals surface area contributed by atoms with E-state index in [1.54, 1.807) is 11.3 Å². The second-order valence-electron chi connectivity index (χ2n) is 6.97. The van der Waals surface area contributed by atoms with Crippen molar-refractivity contribution in [1.29, 1.82) is 0 Å². The molecular weight excluding hydrogens is 407 g/mol. The zero-order valence-electron chi connectivity index (χ0n) is 15.0. The lowest BCUT2D eigenvalue weighted by Gasteiger charge is -2.28. The number of hydrogen-bond donors (Lipinski definition) is 3. The van der Waals surface area contributed by atoms with E-state index in [0.29, 0.717) is 18.1 Å². The topological polar surface area (TPSA) is 70.6 Å². The first-order valence-corrected chi connectivity index (χ1v) is 10.5. The van der Waals surface area contributed by atoms with Gasteiger partial charge in [0, 0.05) is 10.9 Å². The number of anilines is 1. The molecular formula is C19H20Cl2N2O3S. The largest absolute Gasteiger partial charge is 0.504 e. The Morgan fingerprint density at radius 1 is 1.37 bits per heavy atom. The molecule has 0 radical (unpaired) electrons. The van der Waals surface area contributed by atoms with Crippen molar-refractivity contribution in [3.63, 3.8) is 0 Å². The van der Waals surface area contributed by atoms with Gasteiger partial charge in [-0.05, 0) is 37.7 Å². The van der Waals surface area contributed by atoms with Crippen LogP contribution in [0, 0.1) is 5.92 Å². The molecule has 8 heteroatoms. The Kier molecular flexibility index (Phi) is 4.91. The van der Waals surface area contributed by atoms with Crippen LogP contribution in [0.5, 0.6) is 11.5 Å². The first-order chi connectivity index (χ1) is 12.9. The number of phenols is 1. The standard InChI is InChI=1S/C19H20Cl2N2O3S/c1-3-26-11-7-10(20)15(21)14(16(11)24)17-22-18(25)13-9-5-4-8(2)6-12(9)27-19(13)23-17/h7-8,17,23-24H,3-6H2,1-2H3,(H,22,25)/t8-,17+/m0/s1. The van der Waals surface area contributed by atoms with Crippen molar-refractivity contribution in [1.82, 2.24) is 5.32 Å². The number of ether oxygens (including phenoxy) is 1. The monoisotopic (exact) mass is 426 g/mol. The highest BCUT2D eigenvalue weighted by molar-refractivity contribution is 7.16. The van der Waals surface area contributed by atoms with Gasteiger partial charge in [0.2, 0.25) is 0 Å². The lowest BCUT2D eigenvalue weighted by Crippen LogP contribution is -2.38. The average molecular weight is 427 g/mol. The summed E-state index contributed by atoms with van der Waals surface area (Å²) in [5.41, 5.74) is 2.18. The Bertz CT molecular complexity index is 928. The molecule has 2 heterocycles. The third-order valence-corrected chi connectivity index (χ3v) is 7.06. The fourth-order valence-electron chi connectivity index (χ4n) is 3.75. The normalized spacial score (nSPS) is 21.1. The number of thiophene rings is 1. The van der Waals surface area contributed by atoms with Crippen molar-refractivity contribution in [2.45, 2.75) is 39.3 Å². The van der Waals surface area contributed by atoms with Gasteiger partial charge in [0.1, 0.15) is 11.2 Å². The van der Waals surface area contributed by atoms with E-state index in [1.807, 2.05) is 6.92 Å². The molecule has 2 aromatic rings. The van der Waals surface area contributed by atoms with E-state index in [-0.39, 0.29) is 27.5 Å². The zero-order chi connectivity index (χ0) is 19.3. The molecule has 0 unspecified atom stereocenters. The molecule has 1 aliphatic carbocycles. The Hall–Kier alpha value is -1.63. The summed E-state index contributed by atoms with van der Waals surface area (Å²) < 4.78 is 5.45. The number of carbonyl (C=O) groups excluding carboxylic acids is 1. The fraction of sp³-hybridized carbons (Fsp3) is 0.421. The molecule has 144 valence electrons. The van der Waals surface area contributed by atoms with Crippen molar-refractivity contribution < 1.29 is 14.6 Å². The second kappa shape index (κ2) is 7.08. The van der Waals surface area contributed by atoms with Crippen molar-refractivity contribution in [3.05, 3.63) is 37.7 Å². The predicted octanol–water partition coefficient (Wildman–Crippen LogP) is 5.14. The highest BCUT2D eigenvalue weighted by Gasteiger charge is 2.35. The summed E-state index contributed by atoms with van der Waals surface area (Å²) in [4.78, 5) is 14.1. The van der Waals surface area contributed by atoms with Crippen LogP contribution in [-0.2, 0) is 12.8 Å². The molecule has 1 aromatic carbocycles. The van der Waals surface area contributed by atoms with Gasteiger partial charge < -0.3 is 20.5 Å². The van der Waals surface area contributed by atoms with Crippen LogP contribution >= 0.6 is 34.5 Å². The number of benzene rings is 1. The molecule has 5 nitrogen and oxygen atoms in total. The molecule has 3 N–H and O–H groups in total. The number of amides is 1. The van der Waals surface area contributed by atoms with Gasteiger partial charge in [-0.1, -0.05) is 30.1 Å². The smallest absolute Gasteiger partial charge is 0.256 e. The summed E-state index contributed by atoms with van der Waals surface area (Å²) in [6, 6.07) is 1.48. The van der Waals surface area contributed by atoms with Crippen molar-refractivity contribution in [2.75, 3.05) is 11.9 Å². The highest BCUT2D eigenvalue weighted by atomic mass is 35.5. The van der Waals surface area contributed by atoms with Crippen LogP contribution in [0.2, 0.25) is 10.0 Å². The molecule has 0 spiro atoms. The number of phenolic OH excluding ortho intramolecular Hbond substituents is 1. The molecule has 0 fully saturated rings.